The van der Waals surface area contributed by atoms with Crippen molar-refractivity contribution in [3.63, 3.8) is 0 Å². The van der Waals surface area contributed by atoms with E-state index in [9.17, 15) is 4.79 Å². The fourth-order valence-corrected chi connectivity index (χ4v) is 3.75. The van der Waals surface area contributed by atoms with E-state index >= 15 is 0 Å². The molecule has 1 amide bonds. The van der Waals surface area contributed by atoms with Gasteiger partial charge in [-0.05, 0) is 48.6 Å². The Labute approximate surface area is 175 Å². The molecular formula is C22H25N7O. The molecule has 2 atom stereocenters. The Morgan fingerprint density at radius 2 is 1.93 bits per heavy atom. The normalized spacial score (nSPS) is 18.8. The molecule has 3 heterocycles. The fraction of sp³-hybridized carbons (Fsp3) is 0.318. The van der Waals surface area contributed by atoms with Crippen LogP contribution in [-0.2, 0) is 0 Å². The molecule has 2 aromatic heterocycles. The van der Waals surface area contributed by atoms with Crippen molar-refractivity contribution in [2.45, 2.75) is 20.3 Å². The molecule has 1 saturated carbocycles. The molecule has 1 aliphatic heterocycles. The highest BCUT2D eigenvalue weighted by atomic mass is 16.2. The van der Waals surface area contributed by atoms with Gasteiger partial charge in [-0.1, -0.05) is 13.8 Å². The van der Waals surface area contributed by atoms with Gasteiger partial charge in [0.15, 0.2) is 5.82 Å². The summed E-state index contributed by atoms with van der Waals surface area (Å²) in [5.41, 5.74) is 2.87. The second-order valence-electron chi connectivity index (χ2n) is 7.31. The van der Waals surface area contributed by atoms with Crippen LogP contribution in [0, 0.1) is 17.2 Å². The van der Waals surface area contributed by atoms with Crippen LogP contribution in [0.1, 0.15) is 36.2 Å². The number of fused-ring (bicyclic) bond motifs is 1. The number of nitrogens with one attached hydrogen (secondary N) is 3. The van der Waals surface area contributed by atoms with Crippen LogP contribution in [0.4, 0.5) is 11.5 Å². The molecule has 0 bridgehead atoms. The molecule has 2 unspecified atom stereocenters. The summed E-state index contributed by atoms with van der Waals surface area (Å²) in [6.45, 7) is 5.70. The minimum atomic E-state index is 0.00533. The van der Waals surface area contributed by atoms with Gasteiger partial charge in [-0.15, -0.1) is 0 Å². The van der Waals surface area contributed by atoms with Crippen molar-refractivity contribution in [3.05, 3.63) is 54.0 Å². The molecule has 1 aliphatic carbocycles. The molecule has 0 radical (unpaired) electrons. The number of aromatic amines is 1. The molecule has 154 valence electrons. The zero-order valence-corrected chi connectivity index (χ0v) is 17.1. The number of H-pyrrole nitrogens is 1. The first-order valence-electron chi connectivity index (χ1n) is 10.2. The topological polar surface area (TPSA) is 111 Å². The summed E-state index contributed by atoms with van der Waals surface area (Å²) in [7, 11) is 0. The zero-order valence-electron chi connectivity index (χ0n) is 17.1. The first kappa shape index (κ1) is 19.8. The third-order valence-corrected chi connectivity index (χ3v) is 5.42. The summed E-state index contributed by atoms with van der Waals surface area (Å²) in [5, 5.41) is 17.6. The predicted molar refractivity (Wildman–Crippen MR) is 116 cm³/mol. The van der Waals surface area contributed by atoms with Crippen LogP contribution in [0.3, 0.4) is 0 Å². The molecule has 1 saturated heterocycles. The highest BCUT2D eigenvalue weighted by molar-refractivity contribution is 5.97. The molecule has 3 N–H and O–H groups in total. The van der Waals surface area contributed by atoms with Gasteiger partial charge in [0.2, 0.25) is 0 Å². The number of carbonyl (C=O) groups is 1. The number of amides is 1. The molecular weight excluding hydrogens is 378 g/mol. The lowest BCUT2D eigenvalue weighted by Crippen LogP contribution is -2.30. The minimum Gasteiger partial charge on any atom is -0.340 e. The third kappa shape index (κ3) is 3.94. The summed E-state index contributed by atoms with van der Waals surface area (Å²) in [4.78, 5) is 23.1. The smallest absolute Gasteiger partial charge is 0.255 e. The van der Waals surface area contributed by atoms with E-state index in [1.165, 1.54) is 19.0 Å². The van der Waals surface area contributed by atoms with E-state index < -0.39 is 0 Å². The van der Waals surface area contributed by atoms with Crippen LogP contribution >= 0.6 is 0 Å². The van der Waals surface area contributed by atoms with E-state index in [0.29, 0.717) is 34.6 Å². The van der Waals surface area contributed by atoms with Gasteiger partial charge in [0.1, 0.15) is 12.1 Å². The molecule has 2 fully saturated rings. The number of aromatic nitrogens is 4. The van der Waals surface area contributed by atoms with Crippen LogP contribution in [0.2, 0.25) is 0 Å². The van der Waals surface area contributed by atoms with Crippen LogP contribution in [0.25, 0.3) is 11.4 Å². The van der Waals surface area contributed by atoms with Crippen molar-refractivity contribution in [3.8, 4) is 11.4 Å². The monoisotopic (exact) mass is 403 g/mol. The van der Waals surface area contributed by atoms with E-state index in [0.717, 1.165) is 24.3 Å². The molecule has 1 aromatic carbocycles. The predicted octanol–water partition coefficient (Wildman–Crippen LogP) is 3.73. The van der Waals surface area contributed by atoms with Crippen molar-refractivity contribution in [1.29, 1.82) is 5.41 Å². The van der Waals surface area contributed by atoms with Crippen molar-refractivity contribution < 1.29 is 4.79 Å². The highest BCUT2D eigenvalue weighted by Gasteiger charge is 2.46. The fourth-order valence-electron chi connectivity index (χ4n) is 3.75. The van der Waals surface area contributed by atoms with Crippen LogP contribution in [0.15, 0.2) is 42.9 Å². The number of rotatable bonds is 5. The number of likely N-dealkylation sites (tertiary alicyclic amines) is 1. The molecule has 2 aliphatic rings. The van der Waals surface area contributed by atoms with E-state index in [1.54, 1.807) is 12.3 Å². The van der Waals surface area contributed by atoms with Crippen molar-refractivity contribution >= 4 is 23.6 Å². The minimum absolute atomic E-state index is 0.00533. The SMILES string of the molecule is CC.N=Cc1cc(C(=O)N2CC3CC3C2)cnc1Nc1ccc(-c2ncn[nH]2)cc1. The van der Waals surface area contributed by atoms with E-state index in [4.69, 9.17) is 5.41 Å². The molecule has 8 nitrogen and oxygen atoms in total. The van der Waals surface area contributed by atoms with Crippen LogP contribution in [-0.4, -0.2) is 50.3 Å². The summed E-state index contributed by atoms with van der Waals surface area (Å²) < 4.78 is 0. The number of anilines is 2. The lowest BCUT2D eigenvalue weighted by atomic mass is 10.1. The standard InChI is InChI=1S/C20H19N7O.C2H6/c21-7-13-5-14(20(28)27-9-15-6-16(15)10-27)8-22-18(13)25-17-3-1-12(2-4-17)19-23-11-24-26-19;1-2/h1-5,7-8,11,15-16,21H,6,9-10H2,(H,22,25)(H,23,24,26);1-2H3. The number of hydrogen-bond acceptors (Lipinski definition) is 6. The number of piperidine rings is 1. The van der Waals surface area contributed by atoms with E-state index in [1.807, 2.05) is 43.0 Å². The van der Waals surface area contributed by atoms with Gasteiger partial charge in [-0.3, -0.25) is 9.89 Å². The van der Waals surface area contributed by atoms with Crippen molar-refractivity contribution in [2.24, 2.45) is 11.8 Å². The second kappa shape index (κ2) is 8.44. The Hall–Kier alpha value is -3.55. The van der Waals surface area contributed by atoms with Crippen LogP contribution in [0.5, 0.6) is 0 Å². The highest BCUT2D eigenvalue weighted by Crippen LogP contribution is 2.45. The maximum absolute atomic E-state index is 12.7. The second-order valence-corrected chi connectivity index (χ2v) is 7.31. The summed E-state index contributed by atoms with van der Waals surface area (Å²) in [6, 6.07) is 9.39. The van der Waals surface area contributed by atoms with E-state index in [-0.39, 0.29) is 5.91 Å². The maximum Gasteiger partial charge on any atom is 0.255 e. The number of nitrogens with zero attached hydrogens (tertiary/aromatic N) is 4. The summed E-state index contributed by atoms with van der Waals surface area (Å²) in [6.07, 6.45) is 5.53. The Balaban J connectivity index is 0.00000106. The van der Waals surface area contributed by atoms with Gasteiger partial charge in [-0.25, -0.2) is 9.97 Å². The number of pyridine rings is 1. The first-order valence-corrected chi connectivity index (χ1v) is 10.2. The lowest BCUT2D eigenvalue weighted by molar-refractivity contribution is 0.0775. The maximum atomic E-state index is 12.7. The summed E-state index contributed by atoms with van der Waals surface area (Å²) in [5.74, 6) is 2.64. The van der Waals surface area contributed by atoms with Gasteiger partial charge < -0.3 is 15.6 Å². The van der Waals surface area contributed by atoms with Gasteiger partial charge in [0.05, 0.1) is 5.56 Å². The van der Waals surface area contributed by atoms with Crippen molar-refractivity contribution in [2.75, 3.05) is 18.4 Å². The Bertz CT molecular complexity index is 1020. The van der Waals surface area contributed by atoms with Crippen LogP contribution < -0.4 is 5.32 Å². The zero-order chi connectivity index (χ0) is 21.1. The molecule has 5 rings (SSSR count). The average molecular weight is 403 g/mol. The third-order valence-electron chi connectivity index (χ3n) is 5.42. The Morgan fingerprint density at radius 1 is 1.20 bits per heavy atom. The molecule has 0 spiro atoms. The van der Waals surface area contributed by atoms with Gasteiger partial charge in [0.25, 0.3) is 5.91 Å². The van der Waals surface area contributed by atoms with Gasteiger partial charge >= 0.3 is 0 Å². The average Bonchev–Trinajstić information content (AvgIpc) is 3.18. The largest absolute Gasteiger partial charge is 0.340 e. The molecule has 30 heavy (non-hydrogen) atoms. The number of carbonyl (C=O) groups excluding carboxylic acids is 1. The van der Waals surface area contributed by atoms with Gasteiger partial charge in [0, 0.05) is 42.3 Å². The quantitative estimate of drug-likeness (QED) is 0.562. The molecule has 8 heteroatoms. The Kier molecular flexibility index (Phi) is 5.56. The Morgan fingerprint density at radius 3 is 2.57 bits per heavy atom. The molecule has 3 aromatic rings. The first-order chi connectivity index (χ1) is 14.7. The van der Waals surface area contributed by atoms with E-state index in [2.05, 4.69) is 25.5 Å². The number of hydrogen-bond donors (Lipinski definition) is 3. The van der Waals surface area contributed by atoms with Gasteiger partial charge in [-0.2, -0.15) is 5.10 Å². The number of benzene rings is 1. The summed E-state index contributed by atoms with van der Waals surface area (Å²) >= 11 is 0. The van der Waals surface area contributed by atoms with Crippen molar-refractivity contribution in [1.82, 2.24) is 25.1 Å². The lowest BCUT2D eigenvalue weighted by Gasteiger charge is -2.18.